The average Bonchev–Trinajstić information content (AvgIpc) is 2.95. The Hall–Kier alpha value is -0.940. The third-order valence-corrected chi connectivity index (χ3v) is 4.60. The number of hydrogen-bond donors (Lipinski definition) is 1. The quantitative estimate of drug-likeness (QED) is 0.787. The minimum absolute atomic E-state index is 0.734. The van der Waals surface area contributed by atoms with Gasteiger partial charge in [0, 0.05) is 31.4 Å². The largest absolute Gasteiger partial charge is 0.308 e. The van der Waals surface area contributed by atoms with Crippen LogP contribution in [0.15, 0.2) is 6.20 Å². The van der Waals surface area contributed by atoms with Crippen LogP contribution in [0.4, 0.5) is 0 Å². The van der Waals surface area contributed by atoms with Gasteiger partial charge in [-0.15, -0.1) is 5.10 Å². The van der Waals surface area contributed by atoms with Gasteiger partial charge in [-0.05, 0) is 32.2 Å². The second-order valence-corrected chi connectivity index (χ2v) is 6.19. The number of nitrogens with one attached hydrogen (secondary N) is 1. The maximum Gasteiger partial charge on any atom is 0.0964 e. The molecule has 0 bridgehead atoms. The van der Waals surface area contributed by atoms with Crippen molar-refractivity contribution in [2.24, 2.45) is 0 Å². The summed E-state index contributed by atoms with van der Waals surface area (Å²) in [5.74, 6) is 0. The van der Waals surface area contributed by atoms with Crippen molar-refractivity contribution in [2.45, 2.75) is 70.6 Å². The van der Waals surface area contributed by atoms with Crippen LogP contribution in [0.5, 0.6) is 0 Å². The van der Waals surface area contributed by atoms with E-state index in [1.54, 1.807) is 0 Å². The fourth-order valence-corrected chi connectivity index (χ4v) is 3.16. The Bertz CT molecular complexity index is 406. The van der Waals surface area contributed by atoms with E-state index >= 15 is 0 Å². The van der Waals surface area contributed by atoms with Gasteiger partial charge in [-0.2, -0.15) is 0 Å². The SMILES string of the molecule is CCN(CCn1cc(CNC2CC2)nn1)C1CCCC1. The molecule has 0 unspecified atom stereocenters. The molecule has 2 aliphatic rings. The summed E-state index contributed by atoms with van der Waals surface area (Å²) >= 11 is 0. The molecule has 2 saturated carbocycles. The molecule has 1 heterocycles. The number of aromatic nitrogens is 3. The molecular weight excluding hydrogens is 250 g/mol. The van der Waals surface area contributed by atoms with Crippen LogP contribution in [0.3, 0.4) is 0 Å². The van der Waals surface area contributed by atoms with Crippen molar-refractivity contribution >= 4 is 0 Å². The maximum atomic E-state index is 4.25. The van der Waals surface area contributed by atoms with Gasteiger partial charge < -0.3 is 5.32 Å². The number of hydrogen-bond acceptors (Lipinski definition) is 4. The second-order valence-electron chi connectivity index (χ2n) is 6.19. The molecule has 0 atom stereocenters. The van der Waals surface area contributed by atoms with Crippen LogP contribution in [0, 0.1) is 0 Å². The topological polar surface area (TPSA) is 46.0 Å². The van der Waals surface area contributed by atoms with Crippen molar-refractivity contribution in [3.63, 3.8) is 0 Å². The predicted molar refractivity (Wildman–Crippen MR) is 79.4 cm³/mol. The number of rotatable bonds is 8. The molecule has 0 saturated heterocycles. The van der Waals surface area contributed by atoms with Gasteiger partial charge in [0.25, 0.3) is 0 Å². The van der Waals surface area contributed by atoms with E-state index in [1.807, 2.05) is 4.68 Å². The molecule has 5 nitrogen and oxygen atoms in total. The molecule has 2 aliphatic carbocycles. The lowest BCUT2D eigenvalue weighted by molar-refractivity contribution is 0.198. The van der Waals surface area contributed by atoms with Gasteiger partial charge in [-0.3, -0.25) is 9.58 Å². The first kappa shape index (κ1) is 14.0. The van der Waals surface area contributed by atoms with E-state index in [-0.39, 0.29) is 0 Å². The highest BCUT2D eigenvalue weighted by atomic mass is 15.4. The first-order chi connectivity index (χ1) is 9.85. The Morgan fingerprint density at radius 3 is 2.80 bits per heavy atom. The van der Waals surface area contributed by atoms with Crippen LogP contribution < -0.4 is 5.32 Å². The molecule has 20 heavy (non-hydrogen) atoms. The first-order valence-electron chi connectivity index (χ1n) is 8.21. The fraction of sp³-hybridized carbons (Fsp3) is 0.867. The zero-order chi connectivity index (χ0) is 13.8. The van der Waals surface area contributed by atoms with E-state index in [0.29, 0.717) is 0 Å². The third-order valence-electron chi connectivity index (χ3n) is 4.60. The molecular formula is C15H27N5. The van der Waals surface area contributed by atoms with Crippen LogP contribution in [-0.4, -0.2) is 45.1 Å². The molecule has 1 aromatic rings. The minimum atomic E-state index is 0.734. The van der Waals surface area contributed by atoms with E-state index in [4.69, 9.17) is 0 Å². The van der Waals surface area contributed by atoms with E-state index < -0.39 is 0 Å². The Morgan fingerprint density at radius 1 is 1.30 bits per heavy atom. The lowest BCUT2D eigenvalue weighted by Crippen LogP contribution is -2.35. The zero-order valence-electron chi connectivity index (χ0n) is 12.6. The van der Waals surface area contributed by atoms with Gasteiger partial charge in [-0.1, -0.05) is 25.0 Å². The molecule has 0 spiro atoms. The molecule has 1 N–H and O–H groups in total. The number of likely N-dealkylation sites (N-methyl/N-ethyl adjacent to an activating group) is 1. The minimum Gasteiger partial charge on any atom is -0.308 e. The first-order valence-corrected chi connectivity index (χ1v) is 8.21. The van der Waals surface area contributed by atoms with E-state index in [1.165, 1.54) is 38.5 Å². The summed E-state index contributed by atoms with van der Waals surface area (Å²) in [5, 5.41) is 12.0. The molecule has 112 valence electrons. The Balaban J connectivity index is 1.44. The molecule has 5 heteroatoms. The molecule has 0 aliphatic heterocycles. The van der Waals surface area contributed by atoms with Crippen molar-refractivity contribution in [1.82, 2.24) is 25.2 Å². The van der Waals surface area contributed by atoms with E-state index in [0.717, 1.165) is 44.0 Å². The van der Waals surface area contributed by atoms with Crippen LogP contribution in [-0.2, 0) is 13.1 Å². The van der Waals surface area contributed by atoms with E-state index in [2.05, 4.69) is 33.6 Å². The highest BCUT2D eigenvalue weighted by Gasteiger charge is 2.22. The van der Waals surface area contributed by atoms with Gasteiger partial charge in [-0.25, -0.2) is 0 Å². The summed E-state index contributed by atoms with van der Waals surface area (Å²) in [5.41, 5.74) is 1.07. The molecule has 0 radical (unpaired) electrons. The van der Waals surface area contributed by atoms with Crippen molar-refractivity contribution in [1.29, 1.82) is 0 Å². The lowest BCUT2D eigenvalue weighted by Gasteiger charge is -2.27. The fourth-order valence-electron chi connectivity index (χ4n) is 3.16. The standard InChI is InChI=1S/C15H27N5/c1-2-19(15-5-3-4-6-15)9-10-20-12-14(17-18-20)11-16-13-7-8-13/h12-13,15-16H,2-11H2,1H3. The summed E-state index contributed by atoms with van der Waals surface area (Å²) < 4.78 is 2.00. The molecule has 0 amide bonds. The van der Waals surface area contributed by atoms with Crippen LogP contribution in [0.1, 0.15) is 51.1 Å². The number of nitrogens with zero attached hydrogens (tertiary/aromatic N) is 4. The molecule has 2 fully saturated rings. The van der Waals surface area contributed by atoms with Gasteiger partial charge in [0.2, 0.25) is 0 Å². The van der Waals surface area contributed by atoms with Crippen LogP contribution >= 0.6 is 0 Å². The molecule has 3 rings (SSSR count). The van der Waals surface area contributed by atoms with Crippen molar-refractivity contribution < 1.29 is 0 Å². The predicted octanol–water partition coefficient (Wildman–Crippen LogP) is 1.79. The normalized spacial score (nSPS) is 20.1. The second kappa shape index (κ2) is 6.68. The Morgan fingerprint density at radius 2 is 2.10 bits per heavy atom. The monoisotopic (exact) mass is 277 g/mol. The van der Waals surface area contributed by atoms with Gasteiger partial charge in [0.1, 0.15) is 0 Å². The summed E-state index contributed by atoms with van der Waals surface area (Å²) in [4.78, 5) is 2.61. The summed E-state index contributed by atoms with van der Waals surface area (Å²) in [6, 6.07) is 1.54. The zero-order valence-corrected chi connectivity index (χ0v) is 12.6. The lowest BCUT2D eigenvalue weighted by atomic mass is 10.2. The van der Waals surface area contributed by atoms with Crippen molar-refractivity contribution in [3.05, 3.63) is 11.9 Å². The average molecular weight is 277 g/mol. The summed E-state index contributed by atoms with van der Waals surface area (Å²) in [6.07, 6.45) is 10.3. The van der Waals surface area contributed by atoms with Crippen LogP contribution in [0.25, 0.3) is 0 Å². The van der Waals surface area contributed by atoms with Crippen molar-refractivity contribution in [3.8, 4) is 0 Å². The Kier molecular flexibility index (Phi) is 4.68. The highest BCUT2D eigenvalue weighted by molar-refractivity contribution is 4.94. The smallest absolute Gasteiger partial charge is 0.0964 e. The highest BCUT2D eigenvalue weighted by Crippen LogP contribution is 2.23. The third kappa shape index (κ3) is 3.79. The van der Waals surface area contributed by atoms with Gasteiger partial charge >= 0.3 is 0 Å². The van der Waals surface area contributed by atoms with Crippen LogP contribution in [0.2, 0.25) is 0 Å². The molecule has 1 aromatic heterocycles. The summed E-state index contributed by atoms with van der Waals surface area (Å²) in [6.45, 7) is 6.34. The summed E-state index contributed by atoms with van der Waals surface area (Å²) in [7, 11) is 0. The Labute approximate surface area is 121 Å². The van der Waals surface area contributed by atoms with Gasteiger partial charge in [0.05, 0.1) is 12.2 Å². The maximum absolute atomic E-state index is 4.25. The van der Waals surface area contributed by atoms with E-state index in [9.17, 15) is 0 Å². The van der Waals surface area contributed by atoms with Gasteiger partial charge in [0.15, 0.2) is 0 Å². The van der Waals surface area contributed by atoms with Crippen molar-refractivity contribution in [2.75, 3.05) is 13.1 Å². The molecule has 0 aromatic carbocycles.